The van der Waals surface area contributed by atoms with Crippen molar-refractivity contribution in [3.8, 4) is 11.5 Å². The molecule has 2 atom stereocenters. The van der Waals surface area contributed by atoms with E-state index in [0.717, 1.165) is 28.3 Å². The molecule has 3 rings (SSSR count). The quantitative estimate of drug-likeness (QED) is 0.917. The molecule has 1 aromatic heterocycles. The first-order valence-electron chi connectivity index (χ1n) is 7.98. The number of anilines is 1. The van der Waals surface area contributed by atoms with Gasteiger partial charge in [-0.25, -0.2) is 0 Å². The lowest BCUT2D eigenvalue weighted by atomic mass is 9.87. The predicted molar refractivity (Wildman–Crippen MR) is 89.9 cm³/mol. The van der Waals surface area contributed by atoms with E-state index in [1.54, 1.807) is 14.2 Å². The van der Waals surface area contributed by atoms with Crippen LogP contribution in [0.4, 0.5) is 5.69 Å². The van der Waals surface area contributed by atoms with Gasteiger partial charge in [0, 0.05) is 17.5 Å². The van der Waals surface area contributed by atoms with Crippen LogP contribution in [0, 0.1) is 5.92 Å². The number of rotatable bonds is 4. The predicted octanol–water partition coefficient (Wildman–Crippen LogP) is 4.24. The Balaban J connectivity index is 1.85. The standard InChI is InChI=1S/C18H24N2O2/c1-12-5-4-6-14(7-12)20-15-8-13-9-17(21-2)18(22-3)10-16(13)19-11-15/h8-12,14,20H,4-7H2,1-3H3/t12-,14?/m1/s1. The van der Waals surface area contributed by atoms with Crippen molar-refractivity contribution in [2.75, 3.05) is 19.5 Å². The molecule has 4 heteroatoms. The van der Waals surface area contributed by atoms with E-state index in [-0.39, 0.29) is 0 Å². The third kappa shape index (κ3) is 3.11. The molecule has 1 aromatic carbocycles. The molecule has 0 amide bonds. The van der Waals surface area contributed by atoms with E-state index in [9.17, 15) is 0 Å². The fourth-order valence-corrected chi connectivity index (χ4v) is 3.34. The summed E-state index contributed by atoms with van der Waals surface area (Å²) in [6.07, 6.45) is 7.06. The van der Waals surface area contributed by atoms with E-state index >= 15 is 0 Å². The highest BCUT2D eigenvalue weighted by molar-refractivity contribution is 5.85. The Morgan fingerprint density at radius 1 is 1.09 bits per heavy atom. The fraction of sp³-hybridized carbons (Fsp3) is 0.500. The van der Waals surface area contributed by atoms with Gasteiger partial charge >= 0.3 is 0 Å². The van der Waals surface area contributed by atoms with Gasteiger partial charge in [-0.2, -0.15) is 0 Å². The lowest BCUT2D eigenvalue weighted by Crippen LogP contribution is -2.26. The Hall–Kier alpha value is -1.97. The van der Waals surface area contributed by atoms with Gasteiger partial charge in [0.15, 0.2) is 11.5 Å². The number of methoxy groups -OCH3 is 2. The molecule has 22 heavy (non-hydrogen) atoms. The smallest absolute Gasteiger partial charge is 0.162 e. The number of nitrogens with zero attached hydrogens (tertiary/aromatic N) is 1. The zero-order valence-electron chi connectivity index (χ0n) is 13.6. The zero-order chi connectivity index (χ0) is 15.5. The first-order valence-corrected chi connectivity index (χ1v) is 7.98. The number of hydrogen-bond acceptors (Lipinski definition) is 4. The maximum atomic E-state index is 5.38. The second kappa shape index (κ2) is 6.42. The molecule has 1 N–H and O–H groups in total. The molecule has 118 valence electrons. The van der Waals surface area contributed by atoms with Crippen molar-refractivity contribution >= 4 is 16.6 Å². The summed E-state index contributed by atoms with van der Waals surface area (Å²) in [7, 11) is 3.30. The van der Waals surface area contributed by atoms with E-state index in [2.05, 4.69) is 23.3 Å². The van der Waals surface area contributed by atoms with Crippen molar-refractivity contribution in [2.45, 2.75) is 38.6 Å². The van der Waals surface area contributed by atoms with Crippen molar-refractivity contribution in [1.82, 2.24) is 4.98 Å². The van der Waals surface area contributed by atoms with E-state index in [0.29, 0.717) is 11.8 Å². The summed E-state index contributed by atoms with van der Waals surface area (Å²) in [5.41, 5.74) is 2.00. The number of hydrogen-bond donors (Lipinski definition) is 1. The van der Waals surface area contributed by atoms with Gasteiger partial charge in [-0.05, 0) is 30.9 Å². The van der Waals surface area contributed by atoms with Gasteiger partial charge in [-0.3, -0.25) is 4.98 Å². The Morgan fingerprint density at radius 2 is 1.86 bits per heavy atom. The lowest BCUT2D eigenvalue weighted by Gasteiger charge is -2.28. The molecule has 1 fully saturated rings. The minimum absolute atomic E-state index is 0.558. The topological polar surface area (TPSA) is 43.4 Å². The second-order valence-electron chi connectivity index (χ2n) is 6.24. The van der Waals surface area contributed by atoms with Crippen LogP contribution in [0.15, 0.2) is 24.4 Å². The van der Waals surface area contributed by atoms with Gasteiger partial charge in [0.2, 0.25) is 0 Å². The lowest BCUT2D eigenvalue weighted by molar-refractivity contribution is 0.355. The monoisotopic (exact) mass is 300 g/mol. The highest BCUT2D eigenvalue weighted by Gasteiger charge is 2.18. The average molecular weight is 300 g/mol. The van der Waals surface area contributed by atoms with Crippen molar-refractivity contribution in [3.63, 3.8) is 0 Å². The molecule has 1 aliphatic carbocycles. The summed E-state index contributed by atoms with van der Waals surface area (Å²) in [5, 5.41) is 4.70. The number of pyridine rings is 1. The van der Waals surface area contributed by atoms with Crippen LogP contribution >= 0.6 is 0 Å². The molecule has 1 aliphatic rings. The van der Waals surface area contributed by atoms with E-state index in [1.165, 1.54) is 25.7 Å². The molecule has 0 aliphatic heterocycles. The Bertz CT molecular complexity index is 657. The average Bonchev–Trinajstić information content (AvgIpc) is 2.53. The first-order chi connectivity index (χ1) is 10.7. The second-order valence-corrected chi connectivity index (χ2v) is 6.24. The van der Waals surface area contributed by atoms with Crippen molar-refractivity contribution < 1.29 is 9.47 Å². The molecule has 0 radical (unpaired) electrons. The van der Waals surface area contributed by atoms with Crippen LogP contribution in [0.2, 0.25) is 0 Å². The summed E-state index contributed by atoms with van der Waals surface area (Å²) < 4.78 is 10.7. The molecule has 1 unspecified atom stereocenters. The van der Waals surface area contributed by atoms with Crippen LogP contribution in [0.5, 0.6) is 11.5 Å². The minimum Gasteiger partial charge on any atom is -0.493 e. The van der Waals surface area contributed by atoms with Gasteiger partial charge in [0.25, 0.3) is 0 Å². The van der Waals surface area contributed by atoms with E-state index in [4.69, 9.17) is 9.47 Å². The molecule has 2 aromatic rings. The molecule has 0 bridgehead atoms. The zero-order valence-corrected chi connectivity index (χ0v) is 13.6. The van der Waals surface area contributed by atoms with Crippen LogP contribution in [-0.4, -0.2) is 25.2 Å². The van der Waals surface area contributed by atoms with Crippen LogP contribution in [0.1, 0.15) is 32.6 Å². The van der Waals surface area contributed by atoms with Crippen molar-refractivity contribution in [3.05, 3.63) is 24.4 Å². The Labute approximate surface area is 131 Å². The van der Waals surface area contributed by atoms with Crippen LogP contribution < -0.4 is 14.8 Å². The highest BCUT2D eigenvalue weighted by Crippen LogP contribution is 2.33. The summed E-state index contributed by atoms with van der Waals surface area (Å²) >= 11 is 0. The van der Waals surface area contributed by atoms with Gasteiger partial charge in [-0.15, -0.1) is 0 Å². The first kappa shape index (κ1) is 14.9. The summed E-state index contributed by atoms with van der Waals surface area (Å²) in [6, 6.07) is 6.60. The summed E-state index contributed by atoms with van der Waals surface area (Å²) in [4.78, 5) is 4.55. The van der Waals surface area contributed by atoms with Gasteiger partial charge in [-0.1, -0.05) is 19.8 Å². The number of aromatic nitrogens is 1. The third-order valence-corrected chi connectivity index (χ3v) is 4.49. The van der Waals surface area contributed by atoms with Gasteiger partial charge in [0.05, 0.1) is 31.6 Å². The Morgan fingerprint density at radius 3 is 2.59 bits per heavy atom. The number of fused-ring (bicyclic) bond motifs is 1. The number of benzene rings is 1. The molecule has 0 saturated heterocycles. The molecule has 1 heterocycles. The van der Waals surface area contributed by atoms with Crippen LogP contribution in [-0.2, 0) is 0 Å². The van der Waals surface area contributed by atoms with Crippen molar-refractivity contribution in [1.29, 1.82) is 0 Å². The third-order valence-electron chi connectivity index (χ3n) is 4.49. The van der Waals surface area contributed by atoms with E-state index in [1.807, 2.05) is 18.3 Å². The molecule has 0 spiro atoms. The molecular formula is C18H24N2O2. The van der Waals surface area contributed by atoms with Gasteiger partial charge in [0.1, 0.15) is 0 Å². The van der Waals surface area contributed by atoms with Crippen LogP contribution in [0.3, 0.4) is 0 Å². The normalized spacial score (nSPS) is 21.6. The largest absolute Gasteiger partial charge is 0.493 e. The van der Waals surface area contributed by atoms with Crippen LogP contribution in [0.25, 0.3) is 10.9 Å². The molecule has 4 nitrogen and oxygen atoms in total. The molecule has 1 saturated carbocycles. The summed E-state index contributed by atoms with van der Waals surface area (Å²) in [6.45, 7) is 2.34. The minimum atomic E-state index is 0.558. The fourth-order valence-electron chi connectivity index (χ4n) is 3.34. The Kier molecular flexibility index (Phi) is 4.36. The maximum absolute atomic E-state index is 5.38. The maximum Gasteiger partial charge on any atom is 0.162 e. The summed E-state index contributed by atoms with van der Waals surface area (Å²) in [5.74, 6) is 2.26. The molecular weight excluding hydrogens is 276 g/mol. The number of ether oxygens (including phenoxy) is 2. The SMILES string of the molecule is COc1cc2cc(NC3CCC[C@@H](C)C3)cnc2cc1OC. The van der Waals surface area contributed by atoms with Gasteiger partial charge < -0.3 is 14.8 Å². The highest BCUT2D eigenvalue weighted by atomic mass is 16.5. The van der Waals surface area contributed by atoms with E-state index < -0.39 is 0 Å². The van der Waals surface area contributed by atoms with Crippen molar-refractivity contribution in [2.24, 2.45) is 5.92 Å². The number of nitrogens with one attached hydrogen (secondary N) is 1.